The van der Waals surface area contributed by atoms with Crippen molar-refractivity contribution >= 4 is 5.97 Å². The summed E-state index contributed by atoms with van der Waals surface area (Å²) in [7, 11) is 1.54. The number of rotatable bonds is 5. The summed E-state index contributed by atoms with van der Waals surface area (Å²) >= 11 is 0. The molecule has 136 valence electrons. The van der Waals surface area contributed by atoms with Crippen LogP contribution in [0.3, 0.4) is 0 Å². The molecule has 6 heteroatoms. The van der Waals surface area contributed by atoms with E-state index in [2.05, 4.69) is 0 Å². The zero-order chi connectivity index (χ0) is 18.1. The molecule has 1 unspecified atom stereocenters. The van der Waals surface area contributed by atoms with E-state index in [0.29, 0.717) is 23.5 Å². The lowest BCUT2D eigenvalue weighted by Crippen LogP contribution is -2.25. The topological polar surface area (TPSA) is 74.2 Å². The monoisotopic (exact) mass is 356 g/mol. The summed E-state index contributed by atoms with van der Waals surface area (Å²) in [5.41, 5.74) is 1.60. The molecule has 2 aliphatic rings. The molecule has 2 aliphatic heterocycles. The van der Waals surface area contributed by atoms with E-state index in [1.807, 2.05) is 30.3 Å². The van der Waals surface area contributed by atoms with Crippen LogP contribution in [0.4, 0.5) is 0 Å². The molecule has 0 amide bonds. The SMILES string of the molecule is COc1ccccc1C(O)[C@H]1C(=O)OC[C@@H]1Cc1ccc2c(c1)OCO2. The lowest BCUT2D eigenvalue weighted by molar-refractivity contribution is -0.144. The number of esters is 1. The maximum atomic E-state index is 12.3. The van der Waals surface area contributed by atoms with Gasteiger partial charge in [0.05, 0.1) is 25.7 Å². The summed E-state index contributed by atoms with van der Waals surface area (Å²) in [5.74, 6) is 0.822. The van der Waals surface area contributed by atoms with Gasteiger partial charge in [-0.1, -0.05) is 24.3 Å². The van der Waals surface area contributed by atoms with Gasteiger partial charge >= 0.3 is 5.97 Å². The molecule has 0 spiro atoms. The van der Waals surface area contributed by atoms with E-state index in [1.165, 1.54) is 0 Å². The van der Waals surface area contributed by atoms with Crippen LogP contribution in [-0.2, 0) is 16.0 Å². The fourth-order valence-electron chi connectivity index (χ4n) is 3.63. The van der Waals surface area contributed by atoms with Gasteiger partial charge in [0.15, 0.2) is 11.5 Å². The Kier molecular flexibility index (Phi) is 4.42. The van der Waals surface area contributed by atoms with Crippen LogP contribution in [0.25, 0.3) is 0 Å². The van der Waals surface area contributed by atoms with Gasteiger partial charge in [0.1, 0.15) is 5.75 Å². The third-order valence-corrected chi connectivity index (χ3v) is 4.95. The highest BCUT2D eigenvalue weighted by Crippen LogP contribution is 2.40. The van der Waals surface area contributed by atoms with E-state index in [0.717, 1.165) is 11.3 Å². The fraction of sp³-hybridized carbons (Fsp3) is 0.350. The average molecular weight is 356 g/mol. The number of benzene rings is 2. The molecule has 2 aromatic carbocycles. The largest absolute Gasteiger partial charge is 0.496 e. The zero-order valence-electron chi connectivity index (χ0n) is 14.4. The molecule has 2 heterocycles. The number of hydrogen-bond donors (Lipinski definition) is 1. The molecule has 3 atom stereocenters. The summed E-state index contributed by atoms with van der Waals surface area (Å²) in [6.45, 7) is 0.503. The minimum atomic E-state index is -0.986. The van der Waals surface area contributed by atoms with Gasteiger partial charge in [-0.25, -0.2) is 0 Å². The van der Waals surface area contributed by atoms with E-state index in [-0.39, 0.29) is 25.3 Å². The van der Waals surface area contributed by atoms with E-state index in [1.54, 1.807) is 19.2 Å². The second-order valence-electron chi connectivity index (χ2n) is 6.49. The van der Waals surface area contributed by atoms with Crippen LogP contribution in [0.15, 0.2) is 42.5 Å². The lowest BCUT2D eigenvalue weighted by Gasteiger charge is -2.22. The smallest absolute Gasteiger partial charge is 0.312 e. The Balaban J connectivity index is 1.57. The summed E-state index contributed by atoms with van der Waals surface area (Å²) < 4.78 is 21.3. The lowest BCUT2D eigenvalue weighted by atomic mass is 9.82. The fourth-order valence-corrected chi connectivity index (χ4v) is 3.63. The summed E-state index contributed by atoms with van der Waals surface area (Å²) in [5, 5.41) is 10.9. The number of ether oxygens (including phenoxy) is 4. The molecule has 4 rings (SSSR count). The van der Waals surface area contributed by atoms with Crippen molar-refractivity contribution in [2.45, 2.75) is 12.5 Å². The molecule has 0 bridgehead atoms. The predicted octanol–water partition coefficient (Wildman–Crippen LogP) is 2.49. The van der Waals surface area contributed by atoms with Crippen LogP contribution < -0.4 is 14.2 Å². The molecule has 1 N–H and O–H groups in total. The van der Waals surface area contributed by atoms with Crippen molar-refractivity contribution in [1.29, 1.82) is 0 Å². The number of fused-ring (bicyclic) bond motifs is 1. The normalized spacial score (nSPS) is 22.2. The Bertz CT molecular complexity index is 818. The van der Waals surface area contributed by atoms with Gasteiger partial charge in [-0.3, -0.25) is 4.79 Å². The number of carbonyl (C=O) groups is 1. The third kappa shape index (κ3) is 2.97. The average Bonchev–Trinajstić information content (AvgIpc) is 3.27. The van der Waals surface area contributed by atoms with E-state index < -0.39 is 12.0 Å². The van der Waals surface area contributed by atoms with Crippen molar-refractivity contribution < 1.29 is 28.8 Å². The molecule has 0 saturated carbocycles. The predicted molar refractivity (Wildman–Crippen MR) is 92.2 cm³/mol. The van der Waals surface area contributed by atoms with Crippen molar-refractivity contribution in [3.63, 3.8) is 0 Å². The maximum absolute atomic E-state index is 12.3. The molecule has 6 nitrogen and oxygen atoms in total. The van der Waals surface area contributed by atoms with Crippen molar-refractivity contribution in [3.8, 4) is 17.2 Å². The first-order chi connectivity index (χ1) is 12.7. The Labute approximate surface area is 151 Å². The molecular formula is C20H20O6. The van der Waals surface area contributed by atoms with E-state index >= 15 is 0 Å². The molecule has 1 saturated heterocycles. The number of aliphatic hydroxyl groups excluding tert-OH is 1. The number of cyclic esters (lactones) is 1. The molecule has 0 aliphatic carbocycles. The second kappa shape index (κ2) is 6.88. The van der Waals surface area contributed by atoms with Crippen LogP contribution in [-0.4, -0.2) is 31.6 Å². The summed E-state index contributed by atoms with van der Waals surface area (Å²) in [4.78, 5) is 12.3. The minimum Gasteiger partial charge on any atom is -0.496 e. The van der Waals surface area contributed by atoms with Crippen molar-refractivity contribution in [3.05, 3.63) is 53.6 Å². The summed E-state index contributed by atoms with van der Waals surface area (Å²) in [6.07, 6.45) is -0.389. The first kappa shape index (κ1) is 16.7. The molecule has 1 fully saturated rings. The highest BCUT2D eigenvalue weighted by molar-refractivity contribution is 5.76. The van der Waals surface area contributed by atoms with Crippen LogP contribution in [0.5, 0.6) is 17.2 Å². The van der Waals surface area contributed by atoms with Crippen LogP contribution in [0.1, 0.15) is 17.2 Å². The zero-order valence-corrected chi connectivity index (χ0v) is 14.4. The van der Waals surface area contributed by atoms with Crippen molar-refractivity contribution in [2.75, 3.05) is 20.5 Å². The van der Waals surface area contributed by atoms with Gasteiger partial charge in [0.2, 0.25) is 6.79 Å². The number of carbonyl (C=O) groups excluding carboxylic acids is 1. The molecule has 0 radical (unpaired) electrons. The van der Waals surface area contributed by atoms with Gasteiger partial charge < -0.3 is 24.1 Å². The molecule has 26 heavy (non-hydrogen) atoms. The quantitative estimate of drug-likeness (QED) is 0.830. The Hall–Kier alpha value is -2.73. The number of aliphatic hydroxyl groups is 1. The summed E-state index contributed by atoms with van der Waals surface area (Å²) in [6, 6.07) is 12.9. The second-order valence-corrected chi connectivity index (χ2v) is 6.49. The maximum Gasteiger partial charge on any atom is 0.312 e. The highest BCUT2D eigenvalue weighted by Gasteiger charge is 2.43. The molecular weight excluding hydrogens is 336 g/mol. The Morgan fingerprint density at radius 2 is 1.96 bits per heavy atom. The number of para-hydroxylation sites is 1. The first-order valence-corrected chi connectivity index (χ1v) is 8.53. The molecule has 2 aromatic rings. The van der Waals surface area contributed by atoms with Gasteiger partial charge in [-0.2, -0.15) is 0 Å². The highest BCUT2D eigenvalue weighted by atomic mass is 16.7. The Morgan fingerprint density at radius 3 is 2.81 bits per heavy atom. The van der Waals surface area contributed by atoms with Gasteiger partial charge in [-0.05, 0) is 30.2 Å². The van der Waals surface area contributed by atoms with E-state index in [9.17, 15) is 9.90 Å². The van der Waals surface area contributed by atoms with Gasteiger partial charge in [0.25, 0.3) is 0 Å². The van der Waals surface area contributed by atoms with Crippen LogP contribution in [0, 0.1) is 11.8 Å². The third-order valence-electron chi connectivity index (χ3n) is 4.95. The van der Waals surface area contributed by atoms with Crippen LogP contribution in [0.2, 0.25) is 0 Å². The standard InChI is InChI=1S/C20H20O6/c1-23-15-5-3-2-4-14(15)19(21)18-13(10-24-20(18)22)8-12-6-7-16-17(9-12)26-11-25-16/h2-7,9,13,18-19,21H,8,10-11H2,1H3/t13-,18-,19?/m0/s1. The van der Waals surface area contributed by atoms with Crippen LogP contribution >= 0.6 is 0 Å². The number of hydrogen-bond acceptors (Lipinski definition) is 6. The van der Waals surface area contributed by atoms with Gasteiger partial charge in [0, 0.05) is 11.5 Å². The molecule has 0 aromatic heterocycles. The first-order valence-electron chi connectivity index (χ1n) is 8.53. The van der Waals surface area contributed by atoms with Gasteiger partial charge in [-0.15, -0.1) is 0 Å². The van der Waals surface area contributed by atoms with E-state index in [4.69, 9.17) is 18.9 Å². The number of methoxy groups -OCH3 is 1. The van der Waals surface area contributed by atoms with Crippen molar-refractivity contribution in [1.82, 2.24) is 0 Å². The Morgan fingerprint density at radius 1 is 1.15 bits per heavy atom. The minimum absolute atomic E-state index is 0.136. The van der Waals surface area contributed by atoms with Crippen molar-refractivity contribution in [2.24, 2.45) is 11.8 Å².